The predicted molar refractivity (Wildman–Crippen MR) is 126 cm³/mol. The van der Waals surface area contributed by atoms with E-state index in [-0.39, 0.29) is 48.3 Å². The summed E-state index contributed by atoms with van der Waals surface area (Å²) < 4.78 is 5.59. The number of rotatable bonds is 4. The number of anilines is 2. The van der Waals surface area contributed by atoms with Gasteiger partial charge in [-0.15, -0.1) is 0 Å². The number of imide groups is 1. The quantitative estimate of drug-likeness (QED) is 0.302. The lowest BCUT2D eigenvalue weighted by Crippen LogP contribution is -2.31. The van der Waals surface area contributed by atoms with Crippen LogP contribution in [0.2, 0.25) is 0 Å². The normalized spacial score (nSPS) is 24.1. The fourth-order valence-corrected chi connectivity index (χ4v) is 5.15. The first kappa shape index (κ1) is 22.1. The first-order valence-corrected chi connectivity index (χ1v) is 11.6. The van der Waals surface area contributed by atoms with Gasteiger partial charge in [-0.05, 0) is 50.5 Å². The number of aryl methyl sites for hydroxylation is 2. The van der Waals surface area contributed by atoms with Crippen LogP contribution in [-0.2, 0) is 19.2 Å². The molecule has 174 valence electrons. The molecule has 2 heterocycles. The van der Waals surface area contributed by atoms with Crippen LogP contribution in [0, 0.1) is 31.6 Å². The maximum Gasteiger partial charge on any atom is 0.316 e. The summed E-state index contributed by atoms with van der Waals surface area (Å²) >= 11 is 0. The third kappa shape index (κ3) is 3.81. The van der Waals surface area contributed by atoms with Gasteiger partial charge in [0.25, 0.3) is 0 Å². The predicted octanol–water partition coefficient (Wildman–Crippen LogP) is 3.72. The Morgan fingerprint density at radius 1 is 0.941 bits per heavy atom. The van der Waals surface area contributed by atoms with Gasteiger partial charge in [-0.2, -0.15) is 0 Å². The van der Waals surface area contributed by atoms with Crippen LogP contribution in [0.15, 0.2) is 54.6 Å². The number of amides is 3. The number of carbonyl (C=O) groups excluding carboxylic acids is 4. The molecule has 2 aliphatic heterocycles. The minimum absolute atomic E-state index is 0.0747. The van der Waals surface area contributed by atoms with Crippen molar-refractivity contribution < 1.29 is 23.9 Å². The van der Waals surface area contributed by atoms with Gasteiger partial charge in [0.1, 0.15) is 5.75 Å². The number of benzene rings is 2. The number of hydrogen-bond donors (Lipinski definition) is 0. The molecule has 0 aromatic heterocycles. The van der Waals surface area contributed by atoms with Gasteiger partial charge in [-0.25, -0.2) is 4.90 Å². The molecule has 0 saturated carbocycles. The Hall–Kier alpha value is -3.74. The highest BCUT2D eigenvalue weighted by Gasteiger charge is 2.48. The zero-order valence-corrected chi connectivity index (χ0v) is 19.2. The molecule has 0 unspecified atom stereocenters. The zero-order valence-electron chi connectivity index (χ0n) is 19.2. The molecule has 2 fully saturated rings. The Bertz CT molecular complexity index is 1210. The molecule has 3 aliphatic rings. The molecule has 1 aliphatic carbocycles. The second-order valence-electron chi connectivity index (χ2n) is 9.28. The highest BCUT2D eigenvalue weighted by Crippen LogP contribution is 2.38. The molecular weight excluding hydrogens is 432 g/mol. The van der Waals surface area contributed by atoms with Crippen molar-refractivity contribution in [3.05, 3.63) is 65.7 Å². The molecule has 0 bridgehead atoms. The minimum atomic E-state index is -0.596. The van der Waals surface area contributed by atoms with E-state index in [2.05, 4.69) is 0 Å². The molecule has 2 saturated heterocycles. The Kier molecular flexibility index (Phi) is 5.55. The van der Waals surface area contributed by atoms with Gasteiger partial charge in [0.05, 0.1) is 23.4 Å². The molecule has 5 rings (SSSR count). The van der Waals surface area contributed by atoms with E-state index in [9.17, 15) is 19.2 Å². The minimum Gasteiger partial charge on any atom is -0.426 e. The fraction of sp³-hybridized carbons (Fsp3) is 0.333. The van der Waals surface area contributed by atoms with E-state index in [1.807, 2.05) is 44.2 Å². The maximum absolute atomic E-state index is 12.9. The number of allylic oxidation sites excluding steroid dienone is 2. The summed E-state index contributed by atoms with van der Waals surface area (Å²) in [6, 6.07) is 12.3. The van der Waals surface area contributed by atoms with Crippen LogP contribution >= 0.6 is 0 Å². The lowest BCUT2D eigenvalue weighted by Gasteiger charge is -2.19. The second-order valence-corrected chi connectivity index (χ2v) is 9.28. The van der Waals surface area contributed by atoms with Gasteiger partial charge in [0.15, 0.2) is 0 Å². The average molecular weight is 459 g/mol. The topological polar surface area (TPSA) is 84.0 Å². The van der Waals surface area contributed by atoms with Crippen LogP contribution < -0.4 is 14.5 Å². The first-order valence-electron chi connectivity index (χ1n) is 11.6. The van der Waals surface area contributed by atoms with Crippen molar-refractivity contribution in [2.24, 2.45) is 17.8 Å². The van der Waals surface area contributed by atoms with E-state index < -0.39 is 11.9 Å². The molecule has 7 heteroatoms. The van der Waals surface area contributed by atoms with Crippen molar-refractivity contribution in [3.63, 3.8) is 0 Å². The van der Waals surface area contributed by atoms with Crippen molar-refractivity contribution >= 4 is 35.1 Å². The van der Waals surface area contributed by atoms with Crippen LogP contribution in [0.3, 0.4) is 0 Å². The highest BCUT2D eigenvalue weighted by atomic mass is 16.5. The first-order chi connectivity index (χ1) is 16.3. The van der Waals surface area contributed by atoms with Gasteiger partial charge < -0.3 is 9.64 Å². The van der Waals surface area contributed by atoms with E-state index >= 15 is 0 Å². The van der Waals surface area contributed by atoms with Crippen LogP contribution in [0.5, 0.6) is 5.75 Å². The molecule has 3 atom stereocenters. The lowest BCUT2D eigenvalue weighted by atomic mass is 9.85. The van der Waals surface area contributed by atoms with E-state index in [4.69, 9.17) is 4.74 Å². The summed E-state index contributed by atoms with van der Waals surface area (Å²) in [4.78, 5) is 54.1. The molecule has 2 aromatic carbocycles. The SMILES string of the molecule is Cc1ccc(N2C[C@@H](C(=O)Oc3cccc(N4C(=O)[C@H]5CC=CC[C@H]5C4=O)c3)CC2=O)c(C)c1. The molecule has 7 nitrogen and oxygen atoms in total. The molecule has 34 heavy (non-hydrogen) atoms. The van der Waals surface area contributed by atoms with Crippen LogP contribution in [0.25, 0.3) is 0 Å². The Labute approximate surface area is 198 Å². The summed E-state index contributed by atoms with van der Waals surface area (Å²) in [7, 11) is 0. The summed E-state index contributed by atoms with van der Waals surface area (Å²) in [5.74, 6) is -2.06. The van der Waals surface area contributed by atoms with Gasteiger partial charge in [0.2, 0.25) is 17.7 Å². The van der Waals surface area contributed by atoms with E-state index in [0.717, 1.165) is 16.8 Å². The Balaban J connectivity index is 1.30. The number of esters is 1. The van der Waals surface area contributed by atoms with Gasteiger partial charge in [0, 0.05) is 24.7 Å². The number of fused-ring (bicyclic) bond motifs is 1. The monoisotopic (exact) mass is 458 g/mol. The molecule has 0 radical (unpaired) electrons. The largest absolute Gasteiger partial charge is 0.426 e. The number of ether oxygens (including phenoxy) is 1. The molecule has 0 N–H and O–H groups in total. The second kappa shape index (κ2) is 8.56. The van der Waals surface area contributed by atoms with Crippen molar-refractivity contribution in [2.75, 3.05) is 16.3 Å². The maximum atomic E-state index is 12.9. The van der Waals surface area contributed by atoms with Crippen molar-refractivity contribution in [3.8, 4) is 5.75 Å². The van der Waals surface area contributed by atoms with Gasteiger partial charge in [-0.3, -0.25) is 19.2 Å². The molecule has 3 amide bonds. The van der Waals surface area contributed by atoms with E-state index in [1.54, 1.807) is 23.1 Å². The Morgan fingerprint density at radius 2 is 1.65 bits per heavy atom. The lowest BCUT2D eigenvalue weighted by molar-refractivity contribution is -0.139. The van der Waals surface area contributed by atoms with Crippen LogP contribution in [-0.4, -0.2) is 30.2 Å². The third-order valence-electron chi connectivity index (χ3n) is 6.90. The summed E-state index contributed by atoms with van der Waals surface area (Å²) in [6.45, 7) is 4.19. The number of nitrogens with zero attached hydrogens (tertiary/aromatic N) is 2. The summed E-state index contributed by atoms with van der Waals surface area (Å²) in [6.07, 6.45) is 5.09. The smallest absolute Gasteiger partial charge is 0.316 e. The molecular formula is C27H26N2O5. The fourth-order valence-electron chi connectivity index (χ4n) is 5.15. The third-order valence-corrected chi connectivity index (χ3v) is 6.90. The van der Waals surface area contributed by atoms with Crippen LogP contribution in [0.4, 0.5) is 11.4 Å². The molecule has 2 aromatic rings. The summed E-state index contributed by atoms with van der Waals surface area (Å²) in [5.41, 5.74) is 3.28. The standard InChI is InChI=1S/C27H26N2O5/c1-16-10-11-23(17(2)12-16)28-15-18(13-24(28)30)27(33)34-20-7-5-6-19(14-20)29-25(31)21-8-3-4-9-22(21)26(29)32/h3-7,10-12,14,18,21-22H,8-9,13,15H2,1-2H3/t18-,21-,22+/m0/s1. The van der Waals surface area contributed by atoms with Crippen LogP contribution in [0.1, 0.15) is 30.4 Å². The van der Waals surface area contributed by atoms with Crippen molar-refractivity contribution in [1.82, 2.24) is 0 Å². The van der Waals surface area contributed by atoms with Crippen molar-refractivity contribution in [2.45, 2.75) is 33.1 Å². The van der Waals surface area contributed by atoms with E-state index in [1.165, 1.54) is 11.0 Å². The highest BCUT2D eigenvalue weighted by molar-refractivity contribution is 6.22. The Morgan fingerprint density at radius 3 is 2.32 bits per heavy atom. The number of carbonyl (C=O) groups is 4. The molecule has 0 spiro atoms. The zero-order chi connectivity index (χ0) is 24.0. The summed E-state index contributed by atoms with van der Waals surface area (Å²) in [5, 5.41) is 0. The van der Waals surface area contributed by atoms with E-state index in [0.29, 0.717) is 18.5 Å². The van der Waals surface area contributed by atoms with Gasteiger partial charge in [-0.1, -0.05) is 35.9 Å². The number of hydrogen-bond acceptors (Lipinski definition) is 5. The average Bonchev–Trinajstić information content (AvgIpc) is 3.32. The van der Waals surface area contributed by atoms with Crippen molar-refractivity contribution in [1.29, 1.82) is 0 Å². The van der Waals surface area contributed by atoms with Gasteiger partial charge >= 0.3 is 5.97 Å².